The molecule has 0 radical (unpaired) electrons. The number of benzene rings is 1. The monoisotopic (exact) mass is 308 g/mol. The van der Waals surface area contributed by atoms with E-state index >= 15 is 0 Å². The Morgan fingerprint density at radius 1 is 1.27 bits per heavy atom. The normalized spacial score (nSPS) is 15.2. The number of nitrogens with one attached hydrogen (secondary N) is 2. The van der Waals surface area contributed by atoms with Crippen LogP contribution in [0.1, 0.15) is 10.6 Å². The summed E-state index contributed by atoms with van der Waals surface area (Å²) < 4.78 is 39.4. The quantitative estimate of drug-likeness (QED) is 0.752. The molecule has 0 unspecified atom stereocenters. The van der Waals surface area contributed by atoms with Gasteiger partial charge in [0.15, 0.2) is 17.9 Å². The number of nitrogens with zero attached hydrogens (tertiary/aromatic N) is 2. The number of amides is 1. The van der Waals surface area contributed by atoms with E-state index in [1.165, 1.54) is 18.3 Å². The van der Waals surface area contributed by atoms with E-state index < -0.39 is 12.2 Å². The minimum Gasteiger partial charge on any atom is -0.438 e. The van der Waals surface area contributed by atoms with E-state index in [2.05, 4.69) is 29.7 Å². The molecule has 0 spiro atoms. The van der Waals surface area contributed by atoms with Gasteiger partial charge in [0.05, 0.1) is 17.2 Å². The highest BCUT2D eigenvalue weighted by Crippen LogP contribution is 2.42. The van der Waals surface area contributed by atoms with Crippen LogP contribution in [0.2, 0.25) is 0 Å². The third-order valence-electron chi connectivity index (χ3n) is 2.89. The molecule has 10 heteroatoms. The van der Waals surface area contributed by atoms with Gasteiger partial charge in [-0.15, -0.1) is 8.78 Å². The Morgan fingerprint density at radius 2 is 2.05 bits per heavy atom. The van der Waals surface area contributed by atoms with Crippen molar-refractivity contribution in [3.05, 3.63) is 30.5 Å². The molecule has 1 aliphatic rings. The number of aromatic amines is 1. The Bertz CT molecular complexity index is 830. The van der Waals surface area contributed by atoms with Gasteiger partial charge in [-0.1, -0.05) is 0 Å². The lowest BCUT2D eigenvalue weighted by molar-refractivity contribution is -0.286. The second-order valence-electron chi connectivity index (χ2n) is 4.39. The van der Waals surface area contributed by atoms with Gasteiger partial charge in [0.2, 0.25) is 11.7 Å². The number of halogens is 2. The molecular formula is C12H6F2N4O4. The number of rotatable bonds is 2. The summed E-state index contributed by atoms with van der Waals surface area (Å²) in [4.78, 5) is 22.2. The largest absolute Gasteiger partial charge is 0.586 e. The predicted molar refractivity (Wildman–Crippen MR) is 66.8 cm³/mol. The van der Waals surface area contributed by atoms with Crippen LogP contribution >= 0.6 is 0 Å². The second-order valence-corrected chi connectivity index (χ2v) is 4.39. The summed E-state index contributed by atoms with van der Waals surface area (Å²) >= 11 is 0. The molecule has 0 atom stereocenters. The van der Waals surface area contributed by atoms with Gasteiger partial charge in [-0.2, -0.15) is 0 Å². The van der Waals surface area contributed by atoms with Crippen molar-refractivity contribution in [2.24, 2.45) is 0 Å². The Kier molecular flexibility index (Phi) is 2.38. The van der Waals surface area contributed by atoms with Gasteiger partial charge < -0.3 is 18.9 Å². The Labute approximate surface area is 120 Å². The van der Waals surface area contributed by atoms with Gasteiger partial charge in [-0.05, 0) is 0 Å². The lowest BCUT2D eigenvalue weighted by atomic mass is 10.3. The number of H-pyrrole nitrogens is 1. The van der Waals surface area contributed by atoms with Gasteiger partial charge in [-0.3, -0.25) is 10.1 Å². The third kappa shape index (κ3) is 2.01. The predicted octanol–water partition coefficient (Wildman–Crippen LogP) is 2.12. The lowest BCUT2D eigenvalue weighted by Crippen LogP contribution is -2.25. The van der Waals surface area contributed by atoms with Crippen molar-refractivity contribution in [1.82, 2.24) is 15.0 Å². The molecule has 2 N–H and O–H groups in total. The molecule has 2 aromatic heterocycles. The van der Waals surface area contributed by atoms with Gasteiger partial charge in [0, 0.05) is 12.1 Å². The molecule has 0 saturated heterocycles. The topological polar surface area (TPSA) is 102 Å². The van der Waals surface area contributed by atoms with E-state index in [1.807, 2.05) is 0 Å². The summed E-state index contributed by atoms with van der Waals surface area (Å²) in [6, 6.07) is 2.59. The summed E-state index contributed by atoms with van der Waals surface area (Å²) in [6.45, 7) is 0. The van der Waals surface area contributed by atoms with Crippen molar-refractivity contribution in [3.63, 3.8) is 0 Å². The Balaban J connectivity index is 1.64. The number of carbonyl (C=O) groups excluding carboxylic acids is 1. The average Bonchev–Trinajstić information content (AvgIpc) is 3.11. The Hall–Kier alpha value is -3.17. The zero-order valence-corrected chi connectivity index (χ0v) is 10.6. The molecule has 112 valence electrons. The number of carbonyl (C=O) groups is 1. The van der Waals surface area contributed by atoms with Crippen LogP contribution < -0.4 is 14.8 Å². The molecule has 0 bridgehead atoms. The maximum atomic E-state index is 13.0. The first kappa shape index (κ1) is 12.6. The summed E-state index contributed by atoms with van der Waals surface area (Å²) in [5.41, 5.74) is 0.723. The van der Waals surface area contributed by atoms with Crippen molar-refractivity contribution in [2.75, 3.05) is 5.32 Å². The number of fused-ring (bicyclic) bond motifs is 2. The molecule has 1 aliphatic heterocycles. The zero-order chi connectivity index (χ0) is 15.3. The first-order chi connectivity index (χ1) is 10.5. The first-order valence-electron chi connectivity index (χ1n) is 6.00. The minimum absolute atomic E-state index is 0.00857. The van der Waals surface area contributed by atoms with Crippen LogP contribution in [-0.4, -0.2) is 27.2 Å². The highest BCUT2D eigenvalue weighted by molar-refractivity contribution is 6.01. The molecule has 0 aliphatic carbocycles. The fourth-order valence-electron chi connectivity index (χ4n) is 2.01. The summed E-state index contributed by atoms with van der Waals surface area (Å²) in [7, 11) is 0. The summed E-state index contributed by atoms with van der Waals surface area (Å²) in [5.74, 6) is -0.671. The summed E-state index contributed by atoms with van der Waals surface area (Å²) in [6.07, 6.45) is -1.33. The molecule has 3 aromatic rings. The molecule has 3 heterocycles. The van der Waals surface area contributed by atoms with Crippen molar-refractivity contribution >= 4 is 22.9 Å². The van der Waals surface area contributed by atoms with E-state index in [1.54, 1.807) is 0 Å². The molecular weight excluding hydrogens is 302 g/mol. The van der Waals surface area contributed by atoms with E-state index in [9.17, 15) is 13.6 Å². The number of anilines is 1. The van der Waals surface area contributed by atoms with E-state index in [0.29, 0.717) is 11.0 Å². The van der Waals surface area contributed by atoms with Gasteiger partial charge in [-0.25, -0.2) is 9.97 Å². The molecule has 1 aromatic carbocycles. The van der Waals surface area contributed by atoms with Crippen molar-refractivity contribution in [1.29, 1.82) is 0 Å². The maximum absolute atomic E-state index is 13.0. The highest BCUT2D eigenvalue weighted by atomic mass is 19.3. The van der Waals surface area contributed by atoms with Crippen molar-refractivity contribution in [2.45, 2.75) is 6.29 Å². The van der Waals surface area contributed by atoms with Crippen LogP contribution in [0.4, 0.5) is 14.7 Å². The summed E-state index contributed by atoms with van der Waals surface area (Å²) in [5, 5.41) is 2.46. The first-order valence-corrected chi connectivity index (χ1v) is 6.00. The number of hydrogen-bond donors (Lipinski definition) is 2. The highest BCUT2D eigenvalue weighted by Gasteiger charge is 2.43. The fraction of sp³-hybridized carbons (Fsp3) is 0.0833. The van der Waals surface area contributed by atoms with Crippen molar-refractivity contribution < 1.29 is 27.5 Å². The van der Waals surface area contributed by atoms with Crippen LogP contribution in [0.3, 0.4) is 0 Å². The van der Waals surface area contributed by atoms with Gasteiger partial charge >= 0.3 is 6.29 Å². The van der Waals surface area contributed by atoms with Crippen LogP contribution in [0.15, 0.2) is 29.1 Å². The van der Waals surface area contributed by atoms with E-state index in [-0.39, 0.29) is 23.2 Å². The standard InChI is InChI=1S/C12H6F2N4O4/c13-12(14)21-7-1-5-6(2-8(7)22-12)17-11(16-5)18-10(19)9-3-15-4-20-9/h1-4H,(H2,16,17,18,19). The second kappa shape index (κ2) is 4.16. The SMILES string of the molecule is O=C(Nc1nc2cc3c(cc2[nH]1)OC(F)(F)O3)c1cnco1. The van der Waals surface area contributed by atoms with Crippen LogP contribution in [0.5, 0.6) is 11.5 Å². The van der Waals surface area contributed by atoms with E-state index in [0.717, 1.165) is 6.39 Å². The average molecular weight is 308 g/mol. The number of oxazole rings is 1. The molecule has 22 heavy (non-hydrogen) atoms. The van der Waals surface area contributed by atoms with Crippen LogP contribution in [-0.2, 0) is 0 Å². The number of hydrogen-bond acceptors (Lipinski definition) is 6. The molecule has 4 rings (SSSR count). The number of alkyl halides is 2. The molecule has 0 saturated carbocycles. The molecule has 0 fully saturated rings. The molecule has 1 amide bonds. The fourth-order valence-corrected chi connectivity index (χ4v) is 2.01. The van der Waals surface area contributed by atoms with Gasteiger partial charge in [0.25, 0.3) is 5.91 Å². The number of aromatic nitrogens is 3. The Morgan fingerprint density at radius 3 is 2.77 bits per heavy atom. The van der Waals surface area contributed by atoms with Crippen LogP contribution in [0, 0.1) is 0 Å². The minimum atomic E-state index is -3.69. The smallest absolute Gasteiger partial charge is 0.438 e. The molecule has 8 nitrogen and oxygen atoms in total. The van der Waals surface area contributed by atoms with E-state index in [4.69, 9.17) is 4.42 Å². The maximum Gasteiger partial charge on any atom is 0.586 e. The van der Waals surface area contributed by atoms with Crippen LogP contribution in [0.25, 0.3) is 11.0 Å². The third-order valence-corrected chi connectivity index (χ3v) is 2.89. The zero-order valence-electron chi connectivity index (χ0n) is 10.6. The van der Waals surface area contributed by atoms with Crippen molar-refractivity contribution in [3.8, 4) is 11.5 Å². The lowest BCUT2D eigenvalue weighted by Gasteiger charge is -2.04. The number of imidazole rings is 1. The van der Waals surface area contributed by atoms with Gasteiger partial charge in [0.1, 0.15) is 0 Å². The number of ether oxygens (including phenoxy) is 2.